The third kappa shape index (κ3) is 3.53. The van der Waals surface area contributed by atoms with Gasteiger partial charge >= 0.3 is 0 Å². The van der Waals surface area contributed by atoms with Gasteiger partial charge in [0.15, 0.2) is 0 Å². The van der Waals surface area contributed by atoms with E-state index >= 15 is 0 Å². The normalized spacial score (nSPS) is 10.7. The van der Waals surface area contributed by atoms with Gasteiger partial charge in [-0.3, -0.25) is 0 Å². The maximum absolute atomic E-state index is 5.97. The highest BCUT2D eigenvalue weighted by atomic mass is 35.5. The molecule has 2 rings (SSSR count). The maximum atomic E-state index is 5.97. The molecule has 0 radical (unpaired) electrons. The minimum Gasteiger partial charge on any atom is -0.312 e. The summed E-state index contributed by atoms with van der Waals surface area (Å²) in [6.45, 7) is 4.10. The van der Waals surface area contributed by atoms with Gasteiger partial charge in [-0.25, -0.2) is 0 Å². The van der Waals surface area contributed by atoms with Crippen molar-refractivity contribution in [3.63, 3.8) is 0 Å². The van der Waals surface area contributed by atoms with Crippen LogP contribution in [0.4, 0.5) is 0 Å². The van der Waals surface area contributed by atoms with Crippen molar-refractivity contribution in [3.8, 4) is 11.3 Å². The SMILES string of the molecule is CCCNCc1cc(-c2cccc(Cl)c2)ns1. The highest BCUT2D eigenvalue weighted by molar-refractivity contribution is 7.06. The second-order valence-electron chi connectivity index (χ2n) is 3.87. The van der Waals surface area contributed by atoms with Gasteiger partial charge in [0.2, 0.25) is 0 Å². The van der Waals surface area contributed by atoms with Crippen LogP contribution in [-0.4, -0.2) is 10.9 Å². The molecule has 0 bridgehead atoms. The number of nitrogens with zero attached hydrogens (tertiary/aromatic N) is 1. The largest absolute Gasteiger partial charge is 0.312 e. The van der Waals surface area contributed by atoms with E-state index in [1.165, 1.54) is 4.88 Å². The molecule has 90 valence electrons. The summed E-state index contributed by atoms with van der Waals surface area (Å²) < 4.78 is 4.45. The molecule has 1 aromatic heterocycles. The number of nitrogens with one attached hydrogen (secondary N) is 1. The van der Waals surface area contributed by atoms with Crippen molar-refractivity contribution in [2.24, 2.45) is 0 Å². The van der Waals surface area contributed by atoms with E-state index < -0.39 is 0 Å². The number of aromatic nitrogens is 1. The van der Waals surface area contributed by atoms with Crippen molar-refractivity contribution in [1.29, 1.82) is 0 Å². The Morgan fingerprint density at radius 1 is 1.35 bits per heavy atom. The van der Waals surface area contributed by atoms with Gasteiger partial charge in [-0.05, 0) is 42.7 Å². The predicted molar refractivity (Wildman–Crippen MR) is 74.6 cm³/mol. The lowest BCUT2D eigenvalue weighted by atomic mass is 10.1. The molecular formula is C13H15ClN2S. The van der Waals surface area contributed by atoms with E-state index in [9.17, 15) is 0 Å². The van der Waals surface area contributed by atoms with Gasteiger partial charge < -0.3 is 5.32 Å². The lowest BCUT2D eigenvalue weighted by molar-refractivity contribution is 0.681. The molecular weight excluding hydrogens is 252 g/mol. The number of benzene rings is 1. The van der Waals surface area contributed by atoms with E-state index in [-0.39, 0.29) is 0 Å². The van der Waals surface area contributed by atoms with Gasteiger partial charge in [0.1, 0.15) is 0 Å². The van der Waals surface area contributed by atoms with Crippen LogP contribution in [0.2, 0.25) is 5.02 Å². The first-order valence-corrected chi connectivity index (χ1v) is 6.87. The fourth-order valence-electron chi connectivity index (χ4n) is 1.57. The topological polar surface area (TPSA) is 24.9 Å². The second kappa shape index (κ2) is 6.15. The van der Waals surface area contributed by atoms with Crippen molar-refractivity contribution in [3.05, 3.63) is 40.2 Å². The molecule has 0 fully saturated rings. The van der Waals surface area contributed by atoms with Crippen LogP contribution in [0.3, 0.4) is 0 Å². The lowest BCUT2D eigenvalue weighted by Crippen LogP contribution is -2.12. The zero-order valence-corrected chi connectivity index (χ0v) is 11.3. The van der Waals surface area contributed by atoms with Crippen molar-refractivity contribution in [2.45, 2.75) is 19.9 Å². The Bertz CT molecular complexity index is 482. The van der Waals surface area contributed by atoms with Crippen molar-refractivity contribution >= 4 is 23.1 Å². The van der Waals surface area contributed by atoms with Gasteiger partial charge in [-0.15, -0.1) is 0 Å². The Morgan fingerprint density at radius 3 is 3.00 bits per heavy atom. The van der Waals surface area contributed by atoms with Crippen LogP contribution in [0.25, 0.3) is 11.3 Å². The summed E-state index contributed by atoms with van der Waals surface area (Å²) >= 11 is 7.51. The van der Waals surface area contributed by atoms with E-state index in [2.05, 4.69) is 22.7 Å². The van der Waals surface area contributed by atoms with Gasteiger partial charge in [0.05, 0.1) is 5.69 Å². The zero-order valence-electron chi connectivity index (χ0n) is 9.74. The Balaban J connectivity index is 2.07. The van der Waals surface area contributed by atoms with Crippen LogP contribution in [-0.2, 0) is 6.54 Å². The van der Waals surface area contributed by atoms with Gasteiger partial charge in [-0.1, -0.05) is 30.7 Å². The molecule has 1 N–H and O–H groups in total. The molecule has 0 aliphatic rings. The molecule has 0 amide bonds. The van der Waals surface area contributed by atoms with Crippen molar-refractivity contribution in [2.75, 3.05) is 6.54 Å². The Morgan fingerprint density at radius 2 is 2.24 bits per heavy atom. The van der Waals surface area contributed by atoms with Crippen molar-refractivity contribution in [1.82, 2.24) is 9.69 Å². The molecule has 1 aromatic carbocycles. The third-order valence-electron chi connectivity index (χ3n) is 2.41. The number of hydrogen-bond acceptors (Lipinski definition) is 3. The summed E-state index contributed by atoms with van der Waals surface area (Å²) in [4.78, 5) is 1.26. The average Bonchev–Trinajstić information content (AvgIpc) is 2.78. The first kappa shape index (κ1) is 12.6. The van der Waals surface area contributed by atoms with Crippen LogP contribution in [0, 0.1) is 0 Å². The smallest absolute Gasteiger partial charge is 0.0844 e. The molecule has 17 heavy (non-hydrogen) atoms. The predicted octanol–water partition coefficient (Wildman–Crippen LogP) is 3.96. The molecule has 0 saturated heterocycles. The highest BCUT2D eigenvalue weighted by Crippen LogP contribution is 2.24. The molecule has 0 aliphatic carbocycles. The molecule has 4 heteroatoms. The maximum Gasteiger partial charge on any atom is 0.0844 e. The van der Waals surface area contributed by atoms with Crippen LogP contribution < -0.4 is 5.32 Å². The molecule has 2 aromatic rings. The number of rotatable bonds is 5. The zero-order chi connectivity index (χ0) is 12.1. The molecule has 0 unspecified atom stereocenters. The molecule has 0 saturated carbocycles. The van der Waals surface area contributed by atoms with Crippen LogP contribution in [0.15, 0.2) is 30.3 Å². The van der Waals surface area contributed by atoms with Crippen LogP contribution >= 0.6 is 23.1 Å². The monoisotopic (exact) mass is 266 g/mol. The van der Waals surface area contributed by atoms with Crippen molar-refractivity contribution < 1.29 is 0 Å². The van der Waals surface area contributed by atoms with E-state index in [1.807, 2.05) is 24.3 Å². The van der Waals surface area contributed by atoms with E-state index in [0.29, 0.717) is 0 Å². The van der Waals surface area contributed by atoms with Crippen LogP contribution in [0.1, 0.15) is 18.2 Å². The Hall–Kier alpha value is -0.900. The lowest BCUT2D eigenvalue weighted by Gasteiger charge is -1.98. The Kier molecular flexibility index (Phi) is 4.54. The summed E-state index contributed by atoms with van der Waals surface area (Å²) in [5.41, 5.74) is 2.08. The summed E-state index contributed by atoms with van der Waals surface area (Å²) in [6, 6.07) is 9.93. The van der Waals surface area contributed by atoms with Crippen LogP contribution in [0.5, 0.6) is 0 Å². The summed E-state index contributed by atoms with van der Waals surface area (Å²) in [6.07, 6.45) is 1.15. The first-order chi connectivity index (χ1) is 8.29. The van der Waals surface area contributed by atoms with E-state index in [1.54, 1.807) is 11.5 Å². The fourth-order valence-corrected chi connectivity index (χ4v) is 2.46. The van der Waals surface area contributed by atoms with Gasteiger partial charge in [-0.2, -0.15) is 4.37 Å². The quantitative estimate of drug-likeness (QED) is 0.829. The Labute approximate surface area is 111 Å². The molecule has 1 heterocycles. The molecule has 0 spiro atoms. The van der Waals surface area contributed by atoms with Gasteiger partial charge in [0, 0.05) is 22.0 Å². The molecule has 0 aliphatic heterocycles. The summed E-state index contributed by atoms with van der Waals surface area (Å²) in [7, 11) is 0. The second-order valence-corrected chi connectivity index (χ2v) is 5.19. The standard InChI is InChI=1S/C13H15ClN2S/c1-2-6-15-9-12-8-13(16-17-12)10-4-3-5-11(14)7-10/h3-5,7-8,15H,2,6,9H2,1H3. The minimum atomic E-state index is 0.751. The minimum absolute atomic E-state index is 0.751. The summed E-state index contributed by atoms with van der Waals surface area (Å²) in [5.74, 6) is 0. The summed E-state index contributed by atoms with van der Waals surface area (Å²) in [5, 5.41) is 4.12. The first-order valence-electron chi connectivity index (χ1n) is 5.72. The fraction of sp³-hybridized carbons (Fsp3) is 0.308. The molecule has 0 atom stereocenters. The van der Waals surface area contributed by atoms with Gasteiger partial charge in [0.25, 0.3) is 0 Å². The highest BCUT2D eigenvalue weighted by Gasteiger charge is 2.04. The van der Waals surface area contributed by atoms with E-state index in [0.717, 1.165) is 35.8 Å². The third-order valence-corrected chi connectivity index (χ3v) is 3.43. The molecule has 2 nitrogen and oxygen atoms in total. The number of hydrogen-bond donors (Lipinski definition) is 1. The average molecular weight is 267 g/mol. The van der Waals surface area contributed by atoms with E-state index in [4.69, 9.17) is 11.6 Å². The number of halogens is 1.